The van der Waals surface area contributed by atoms with Crippen molar-refractivity contribution in [1.29, 1.82) is 0 Å². The molecule has 0 aliphatic heterocycles. The van der Waals surface area contributed by atoms with Gasteiger partial charge in [0.05, 0.1) is 26.5 Å². The molecule has 0 aliphatic carbocycles. The molecular formula is C12H38Ar5O9S3-2. The largest absolute Gasteiger partial charge is 0.748 e. The van der Waals surface area contributed by atoms with Crippen LogP contribution in [0.4, 0.5) is 0 Å². The van der Waals surface area contributed by atoms with Crippen molar-refractivity contribution < 1.29 is 228 Å². The molecule has 0 atom stereocenters. The predicted molar refractivity (Wildman–Crippen MR) is 101 cm³/mol. The van der Waals surface area contributed by atoms with E-state index in [1.54, 1.807) is 0 Å². The maximum absolute atomic E-state index is 9.19. The van der Waals surface area contributed by atoms with E-state index >= 15 is 0 Å². The van der Waals surface area contributed by atoms with Crippen LogP contribution in [0.5, 0.6) is 0 Å². The zero-order valence-electron chi connectivity index (χ0n) is 17.7. The molecule has 0 unspecified atom stereocenters. The molecule has 29 heavy (non-hydrogen) atoms. The van der Waals surface area contributed by atoms with Crippen LogP contribution in [-0.2, 0) is 30.4 Å². The second-order valence-electron chi connectivity index (χ2n) is 2.14. The molecular weight excluding hydrogens is 584 g/mol. The van der Waals surface area contributed by atoms with Gasteiger partial charge in [-0.1, -0.05) is 62.8 Å². The Morgan fingerprint density at radius 2 is 0.483 bits per heavy atom. The summed E-state index contributed by atoms with van der Waals surface area (Å²) in [6.45, 7) is 16.0. The van der Waals surface area contributed by atoms with E-state index in [2.05, 4.69) is 0 Å². The monoisotopic (exact) mass is 622 g/mol. The first kappa shape index (κ1) is 83.6. The Hall–Kier alpha value is 6.03. The van der Waals surface area contributed by atoms with Crippen LogP contribution in [0.1, 0.15) is 62.8 Å². The Bertz CT molecular complexity index is 374. The summed E-state index contributed by atoms with van der Waals surface area (Å²) >= 11 is 0. The van der Waals surface area contributed by atoms with Gasteiger partial charge < -0.3 is 9.11 Å². The van der Waals surface area contributed by atoms with Crippen molar-refractivity contribution in [3.63, 3.8) is 0 Å². The predicted octanol–water partition coefficient (Wildman–Crippen LogP) is 2.57. The number of rotatable bonds is 0. The van der Waals surface area contributed by atoms with Gasteiger partial charge in [0, 0.05) is 201 Å². The maximum atomic E-state index is 9.19. The van der Waals surface area contributed by atoms with Crippen LogP contribution in [0.15, 0.2) is 0 Å². The van der Waals surface area contributed by atoms with E-state index in [9.17, 15) is 8.42 Å². The summed E-state index contributed by atoms with van der Waals surface area (Å²) in [5, 5.41) is 0. The fourth-order valence-electron chi connectivity index (χ4n) is 0. The van der Waals surface area contributed by atoms with Crippen LogP contribution in [0.2, 0.25) is 0 Å². The summed E-state index contributed by atoms with van der Waals surface area (Å²) in [4.78, 5) is 0. The van der Waals surface area contributed by atoms with Gasteiger partial charge in [0.15, 0.2) is 0 Å². The molecule has 1 N–H and O–H groups in total. The molecule has 0 amide bonds. The normalized spacial score (nSPS) is 6.83. The van der Waals surface area contributed by atoms with Crippen molar-refractivity contribution in [3.8, 4) is 0 Å². The SMILES string of the molecule is C.CC.CC.CC.CC.CS(=O)(=O)O.CS(=O)(=O)[O-].CS(=O)(=O)[O-].[Ar].[Ar].[Ar].[Ar].[Ar]. The molecule has 0 aromatic heterocycles. The third-order valence-corrected chi connectivity index (χ3v) is 0. The van der Waals surface area contributed by atoms with Crippen LogP contribution < -0.4 is 0 Å². The van der Waals surface area contributed by atoms with Crippen molar-refractivity contribution in [2.24, 2.45) is 0 Å². The molecule has 9 nitrogen and oxygen atoms in total. The van der Waals surface area contributed by atoms with Crippen molar-refractivity contribution in [1.82, 2.24) is 0 Å². The smallest absolute Gasteiger partial charge is 0.261 e. The average Bonchev–Trinajstić information content (AvgIpc) is 2.32. The van der Waals surface area contributed by atoms with Crippen molar-refractivity contribution in [3.05, 3.63) is 0 Å². The first-order valence-electron chi connectivity index (χ1n) is 6.74. The van der Waals surface area contributed by atoms with Crippen molar-refractivity contribution in [2.45, 2.75) is 62.8 Å². The van der Waals surface area contributed by atoms with Gasteiger partial charge in [0.25, 0.3) is 10.1 Å². The molecule has 0 radical (unpaired) electrons. The van der Waals surface area contributed by atoms with Gasteiger partial charge >= 0.3 is 0 Å². The Labute approximate surface area is 331 Å². The summed E-state index contributed by atoms with van der Waals surface area (Å²) in [7, 11) is -11.5. The molecule has 0 heterocycles. The van der Waals surface area contributed by atoms with E-state index < -0.39 is 30.4 Å². The molecule has 0 rings (SSSR count). The maximum Gasteiger partial charge on any atom is 0.261 e. The summed E-state index contributed by atoms with van der Waals surface area (Å²) in [6, 6.07) is 0. The minimum Gasteiger partial charge on any atom is -0.748 e. The minimum absolute atomic E-state index is 0. The molecule has 0 saturated heterocycles. The van der Waals surface area contributed by atoms with E-state index in [0.29, 0.717) is 18.8 Å². The summed E-state index contributed by atoms with van der Waals surface area (Å²) in [5.74, 6) is 0. The second kappa shape index (κ2) is 64.3. The van der Waals surface area contributed by atoms with E-state index in [-0.39, 0.29) is 196 Å². The molecule has 200 valence electrons. The van der Waals surface area contributed by atoms with Crippen LogP contribution >= 0.6 is 0 Å². The Kier molecular flexibility index (Phi) is 185. The fraction of sp³-hybridized carbons (Fsp3) is 1.00. The molecule has 0 bridgehead atoms. The van der Waals surface area contributed by atoms with Crippen LogP contribution in [0.3, 0.4) is 0 Å². The van der Waals surface area contributed by atoms with Gasteiger partial charge in [0.2, 0.25) is 0 Å². The third-order valence-electron chi connectivity index (χ3n) is 0. The molecule has 17 heteroatoms. The number of hydrogen-bond acceptors (Lipinski definition) is 8. The van der Waals surface area contributed by atoms with Crippen molar-refractivity contribution >= 4 is 30.4 Å². The summed E-state index contributed by atoms with van der Waals surface area (Å²) < 4.78 is 80.3. The van der Waals surface area contributed by atoms with E-state index in [0.717, 1.165) is 0 Å². The summed E-state index contributed by atoms with van der Waals surface area (Å²) in [6.07, 6.45) is 1.92. The Balaban J connectivity index is -0.00000000943. The van der Waals surface area contributed by atoms with Gasteiger partial charge in [-0.05, 0) is 0 Å². The Morgan fingerprint density at radius 1 is 0.483 bits per heavy atom. The van der Waals surface area contributed by atoms with Crippen molar-refractivity contribution in [2.75, 3.05) is 18.8 Å². The quantitative estimate of drug-likeness (QED) is 0.399. The molecule has 0 spiro atoms. The van der Waals surface area contributed by atoms with Crippen LogP contribution in [0.25, 0.3) is 0 Å². The fourth-order valence-corrected chi connectivity index (χ4v) is 0. The molecule has 0 aromatic carbocycles. The minimum atomic E-state index is -3.92. The van der Waals surface area contributed by atoms with E-state index in [1.807, 2.05) is 55.4 Å². The van der Waals surface area contributed by atoms with E-state index in [1.165, 1.54) is 0 Å². The van der Waals surface area contributed by atoms with Crippen LogP contribution in [0, 0.1) is 189 Å². The van der Waals surface area contributed by atoms with Crippen LogP contribution in [-0.4, -0.2) is 57.7 Å². The van der Waals surface area contributed by atoms with Gasteiger partial charge in [-0.2, -0.15) is 8.42 Å². The standard InChI is InChI=1S/4C2H6.3CH4O3S.CH4.5Ar/c4*1-2;3*1-5(2,3)4;;;;;;/h4*1-2H3;3*1H3,(H,2,3,4);1H4;;;;;/p-2. The third kappa shape index (κ3) is 960. The molecule has 0 fully saturated rings. The van der Waals surface area contributed by atoms with Gasteiger partial charge in [-0.15, -0.1) is 0 Å². The Morgan fingerprint density at radius 3 is 0.483 bits per heavy atom. The van der Waals surface area contributed by atoms with Gasteiger partial charge in [-0.25, -0.2) is 16.8 Å². The topological polar surface area (TPSA) is 169 Å². The first-order valence-corrected chi connectivity index (χ1v) is 12.2. The average molecular weight is 622 g/mol. The first-order chi connectivity index (χ1) is 10.0. The molecule has 0 aliphatic rings. The summed E-state index contributed by atoms with van der Waals surface area (Å²) in [5.41, 5.74) is 0. The van der Waals surface area contributed by atoms with Gasteiger partial charge in [0.1, 0.15) is 0 Å². The molecule has 0 aromatic rings. The zero-order chi connectivity index (χ0) is 21.5. The van der Waals surface area contributed by atoms with E-state index in [4.69, 9.17) is 30.5 Å². The second-order valence-corrected chi connectivity index (χ2v) is 6.42. The zero-order valence-corrected chi connectivity index (χ0v) is 23.7. The number of hydrogen-bond donors (Lipinski definition) is 1. The van der Waals surface area contributed by atoms with Gasteiger partial charge in [-0.3, -0.25) is 4.55 Å². The molecule has 0 saturated carbocycles.